The molecule has 1 atom stereocenters. The van der Waals surface area contributed by atoms with Gasteiger partial charge in [0, 0.05) is 32.9 Å². The first-order valence-corrected chi connectivity index (χ1v) is 9.94. The maximum atomic E-state index is 12.2. The minimum absolute atomic E-state index is 0.0106. The fraction of sp³-hybridized carbons (Fsp3) is 0.786. The highest BCUT2D eigenvalue weighted by Gasteiger charge is 2.26. The zero-order valence-electron chi connectivity index (χ0n) is 14.0. The molecule has 1 unspecified atom stereocenters. The molecule has 0 spiro atoms. The van der Waals surface area contributed by atoms with Crippen LogP contribution in [0.3, 0.4) is 0 Å². The van der Waals surface area contributed by atoms with Crippen LogP contribution in [0, 0.1) is 5.92 Å². The molecule has 0 aliphatic carbocycles. The van der Waals surface area contributed by atoms with E-state index in [0.717, 1.165) is 12.8 Å². The molecule has 136 valence electrons. The van der Waals surface area contributed by atoms with E-state index in [-0.39, 0.29) is 24.2 Å². The summed E-state index contributed by atoms with van der Waals surface area (Å²) >= 11 is 0. The summed E-state index contributed by atoms with van der Waals surface area (Å²) in [5.74, 6) is 0.971. The second kappa shape index (κ2) is 8.43. The molecule has 1 aromatic rings. The predicted octanol–water partition coefficient (Wildman–Crippen LogP) is 0.225. The number of rotatable bonds is 7. The van der Waals surface area contributed by atoms with Crippen LogP contribution in [0.15, 0.2) is 4.52 Å². The summed E-state index contributed by atoms with van der Waals surface area (Å²) in [5.41, 5.74) is 0. The number of carbonyl (C=O) groups excluding carboxylic acids is 1. The molecule has 1 aliphatic rings. The first kappa shape index (κ1) is 18.7. The van der Waals surface area contributed by atoms with Gasteiger partial charge in [0.15, 0.2) is 5.82 Å². The van der Waals surface area contributed by atoms with Gasteiger partial charge in [0.25, 0.3) is 0 Å². The van der Waals surface area contributed by atoms with Crippen LogP contribution in [0.2, 0.25) is 0 Å². The quantitative estimate of drug-likeness (QED) is 0.740. The Bertz CT molecular complexity index is 645. The van der Waals surface area contributed by atoms with Gasteiger partial charge in [-0.25, -0.2) is 13.2 Å². The van der Waals surface area contributed by atoms with E-state index in [1.165, 1.54) is 6.26 Å². The van der Waals surface area contributed by atoms with Crippen molar-refractivity contribution < 1.29 is 22.5 Å². The minimum Gasteiger partial charge on any atom is -0.384 e. The SMILES string of the molecule is COCCc1noc(CNC(=O)N2CCCC(CS(C)(=O)=O)C2)n1. The van der Waals surface area contributed by atoms with E-state index >= 15 is 0 Å². The van der Waals surface area contributed by atoms with E-state index in [1.54, 1.807) is 12.0 Å². The molecule has 1 fully saturated rings. The molecule has 1 N–H and O–H groups in total. The van der Waals surface area contributed by atoms with Crippen LogP contribution in [-0.2, 0) is 27.5 Å². The number of likely N-dealkylation sites (tertiary alicyclic amines) is 1. The van der Waals surface area contributed by atoms with E-state index < -0.39 is 9.84 Å². The third-order valence-electron chi connectivity index (χ3n) is 3.78. The van der Waals surface area contributed by atoms with Crippen molar-refractivity contribution in [2.75, 3.05) is 38.8 Å². The summed E-state index contributed by atoms with van der Waals surface area (Å²) in [4.78, 5) is 18.0. The average Bonchev–Trinajstić information content (AvgIpc) is 2.97. The zero-order chi connectivity index (χ0) is 17.6. The molecular formula is C14H24N4O5S. The fourth-order valence-corrected chi connectivity index (χ4v) is 3.86. The van der Waals surface area contributed by atoms with E-state index in [0.29, 0.717) is 37.8 Å². The monoisotopic (exact) mass is 360 g/mol. The Hall–Kier alpha value is -1.68. The van der Waals surface area contributed by atoms with Gasteiger partial charge in [-0.2, -0.15) is 4.98 Å². The van der Waals surface area contributed by atoms with Crippen LogP contribution in [-0.4, -0.2) is 68.3 Å². The number of nitrogens with zero attached hydrogens (tertiary/aromatic N) is 3. The molecule has 1 aliphatic heterocycles. The lowest BCUT2D eigenvalue weighted by atomic mass is 10.0. The van der Waals surface area contributed by atoms with Gasteiger partial charge in [0.2, 0.25) is 5.89 Å². The van der Waals surface area contributed by atoms with Gasteiger partial charge >= 0.3 is 6.03 Å². The van der Waals surface area contributed by atoms with Crippen LogP contribution >= 0.6 is 0 Å². The zero-order valence-corrected chi connectivity index (χ0v) is 14.8. The highest BCUT2D eigenvalue weighted by atomic mass is 32.2. The first-order valence-electron chi connectivity index (χ1n) is 7.88. The molecule has 2 rings (SSSR count). The molecule has 0 radical (unpaired) electrons. The number of amides is 2. The lowest BCUT2D eigenvalue weighted by Gasteiger charge is -2.32. The Morgan fingerprint density at radius 2 is 2.29 bits per heavy atom. The molecule has 1 aromatic heterocycles. The Morgan fingerprint density at radius 3 is 3.00 bits per heavy atom. The Kier molecular flexibility index (Phi) is 6.55. The summed E-state index contributed by atoms with van der Waals surface area (Å²) in [7, 11) is -1.44. The van der Waals surface area contributed by atoms with Crippen molar-refractivity contribution in [1.29, 1.82) is 0 Å². The number of hydrogen-bond donors (Lipinski definition) is 1. The maximum Gasteiger partial charge on any atom is 0.317 e. The topological polar surface area (TPSA) is 115 Å². The summed E-state index contributed by atoms with van der Waals surface area (Å²) in [6.45, 7) is 1.71. The third-order valence-corrected chi connectivity index (χ3v) is 4.85. The van der Waals surface area contributed by atoms with Crippen molar-refractivity contribution in [2.24, 2.45) is 5.92 Å². The van der Waals surface area contributed by atoms with Gasteiger partial charge in [-0.05, 0) is 18.8 Å². The molecule has 2 amide bonds. The molecular weight excluding hydrogens is 336 g/mol. The molecule has 0 saturated carbocycles. The van der Waals surface area contributed by atoms with Crippen molar-refractivity contribution in [1.82, 2.24) is 20.4 Å². The van der Waals surface area contributed by atoms with E-state index in [2.05, 4.69) is 15.5 Å². The van der Waals surface area contributed by atoms with Gasteiger partial charge in [-0.15, -0.1) is 0 Å². The second-order valence-corrected chi connectivity index (χ2v) is 8.24. The van der Waals surface area contributed by atoms with Crippen LogP contribution in [0.1, 0.15) is 24.6 Å². The number of sulfone groups is 1. The van der Waals surface area contributed by atoms with Gasteiger partial charge < -0.3 is 19.5 Å². The summed E-state index contributed by atoms with van der Waals surface area (Å²) in [6.07, 6.45) is 3.40. The van der Waals surface area contributed by atoms with E-state index in [9.17, 15) is 13.2 Å². The lowest BCUT2D eigenvalue weighted by molar-refractivity contribution is 0.168. The molecule has 0 aromatic carbocycles. The highest BCUT2D eigenvalue weighted by molar-refractivity contribution is 7.90. The molecule has 2 heterocycles. The van der Waals surface area contributed by atoms with Crippen molar-refractivity contribution >= 4 is 15.9 Å². The van der Waals surface area contributed by atoms with Crippen LogP contribution in [0.25, 0.3) is 0 Å². The van der Waals surface area contributed by atoms with Crippen molar-refractivity contribution in [3.8, 4) is 0 Å². The van der Waals surface area contributed by atoms with Crippen molar-refractivity contribution in [3.63, 3.8) is 0 Å². The molecule has 9 nitrogen and oxygen atoms in total. The number of urea groups is 1. The van der Waals surface area contributed by atoms with Crippen LogP contribution in [0.5, 0.6) is 0 Å². The number of aromatic nitrogens is 2. The second-order valence-electron chi connectivity index (χ2n) is 6.05. The van der Waals surface area contributed by atoms with Gasteiger partial charge in [0.05, 0.1) is 18.9 Å². The number of hydrogen-bond acceptors (Lipinski definition) is 7. The number of ether oxygens (including phenoxy) is 1. The molecule has 0 bridgehead atoms. The van der Waals surface area contributed by atoms with Crippen molar-refractivity contribution in [3.05, 3.63) is 11.7 Å². The fourth-order valence-electron chi connectivity index (χ4n) is 2.73. The molecule has 10 heteroatoms. The normalized spacial score (nSPS) is 18.6. The maximum absolute atomic E-state index is 12.2. The number of methoxy groups -OCH3 is 1. The average molecular weight is 360 g/mol. The Labute approximate surface area is 141 Å². The lowest BCUT2D eigenvalue weighted by Crippen LogP contribution is -2.46. The van der Waals surface area contributed by atoms with E-state index in [1.807, 2.05) is 0 Å². The van der Waals surface area contributed by atoms with Gasteiger partial charge in [-0.3, -0.25) is 0 Å². The number of nitrogens with one attached hydrogen (secondary N) is 1. The van der Waals surface area contributed by atoms with Crippen molar-refractivity contribution in [2.45, 2.75) is 25.8 Å². The highest BCUT2D eigenvalue weighted by Crippen LogP contribution is 2.18. The first-order chi connectivity index (χ1) is 11.4. The summed E-state index contributed by atoms with van der Waals surface area (Å²) in [5, 5.41) is 6.53. The summed E-state index contributed by atoms with van der Waals surface area (Å²) < 4.78 is 32.8. The van der Waals surface area contributed by atoms with Gasteiger partial charge in [-0.1, -0.05) is 5.16 Å². The molecule has 1 saturated heterocycles. The summed E-state index contributed by atoms with van der Waals surface area (Å²) in [6, 6.07) is -0.246. The van der Waals surface area contributed by atoms with E-state index in [4.69, 9.17) is 9.26 Å². The standard InChI is InChI=1S/C14H24N4O5S/c1-22-7-5-12-16-13(23-17-12)8-15-14(19)18-6-3-4-11(9-18)10-24(2,20)21/h11H,3-10H2,1-2H3,(H,15,19). The minimum atomic E-state index is -3.04. The Morgan fingerprint density at radius 1 is 1.50 bits per heavy atom. The number of piperidine rings is 1. The largest absolute Gasteiger partial charge is 0.384 e. The predicted molar refractivity (Wildman–Crippen MR) is 86.1 cm³/mol. The van der Waals surface area contributed by atoms with Crippen LogP contribution < -0.4 is 5.32 Å². The Balaban J connectivity index is 1.80. The smallest absolute Gasteiger partial charge is 0.317 e. The third kappa shape index (κ3) is 6.08. The van der Waals surface area contributed by atoms with Crippen LogP contribution in [0.4, 0.5) is 4.79 Å². The van der Waals surface area contributed by atoms with Gasteiger partial charge in [0.1, 0.15) is 9.84 Å². The number of carbonyl (C=O) groups is 1. The molecule has 24 heavy (non-hydrogen) atoms.